The Kier molecular flexibility index (Phi) is 5.54. The van der Waals surface area contributed by atoms with Crippen LogP contribution in [0, 0.1) is 0 Å². The highest BCUT2D eigenvalue weighted by Gasteiger charge is 2.13. The number of fused-ring (bicyclic) bond motifs is 1. The maximum atomic E-state index is 5.39. The number of thiocarbonyl (C=S) groups is 1. The average molecular weight is 342 g/mol. The molecule has 0 radical (unpaired) electrons. The average Bonchev–Trinajstić information content (AvgIpc) is 3.07. The van der Waals surface area contributed by atoms with Gasteiger partial charge in [0, 0.05) is 12.6 Å². The van der Waals surface area contributed by atoms with E-state index in [4.69, 9.17) is 21.7 Å². The van der Waals surface area contributed by atoms with Crippen molar-refractivity contribution < 1.29 is 9.47 Å². The maximum Gasteiger partial charge on any atom is 0.231 e. The van der Waals surface area contributed by atoms with E-state index in [-0.39, 0.29) is 0 Å². The van der Waals surface area contributed by atoms with E-state index in [1.54, 1.807) is 0 Å². The first-order chi connectivity index (χ1) is 11.7. The quantitative estimate of drug-likeness (QED) is 0.788. The van der Waals surface area contributed by atoms with Crippen LogP contribution in [0.2, 0.25) is 0 Å². The molecule has 2 N–H and O–H groups in total. The fourth-order valence-electron chi connectivity index (χ4n) is 2.61. The van der Waals surface area contributed by atoms with Crippen LogP contribution >= 0.6 is 12.2 Å². The smallest absolute Gasteiger partial charge is 0.231 e. The minimum atomic E-state index is 0.297. The third-order valence-electron chi connectivity index (χ3n) is 3.98. The van der Waals surface area contributed by atoms with E-state index in [0.717, 1.165) is 29.9 Å². The number of ether oxygens (including phenoxy) is 2. The van der Waals surface area contributed by atoms with Crippen LogP contribution in [0.5, 0.6) is 11.5 Å². The van der Waals surface area contributed by atoms with E-state index < -0.39 is 0 Å². The van der Waals surface area contributed by atoms with Crippen LogP contribution in [0.15, 0.2) is 48.5 Å². The van der Waals surface area contributed by atoms with Gasteiger partial charge in [0.05, 0.1) is 0 Å². The number of aryl methyl sites for hydroxylation is 1. The minimum absolute atomic E-state index is 0.297. The molecule has 2 aromatic carbocycles. The Bertz CT molecular complexity index is 691. The van der Waals surface area contributed by atoms with Crippen LogP contribution in [-0.4, -0.2) is 17.9 Å². The molecule has 1 heterocycles. The van der Waals surface area contributed by atoms with Gasteiger partial charge < -0.3 is 20.1 Å². The lowest BCUT2D eigenvalue weighted by Crippen LogP contribution is -2.40. The summed E-state index contributed by atoms with van der Waals surface area (Å²) in [5.41, 5.74) is 2.46. The van der Waals surface area contributed by atoms with Gasteiger partial charge in [0.25, 0.3) is 0 Å². The van der Waals surface area contributed by atoms with Crippen molar-refractivity contribution in [3.8, 4) is 11.5 Å². The highest BCUT2D eigenvalue weighted by molar-refractivity contribution is 7.80. The van der Waals surface area contributed by atoms with Gasteiger partial charge in [-0.15, -0.1) is 0 Å². The molecule has 24 heavy (non-hydrogen) atoms. The van der Waals surface area contributed by atoms with E-state index in [1.165, 1.54) is 5.56 Å². The Hall–Kier alpha value is -2.27. The van der Waals surface area contributed by atoms with Gasteiger partial charge in [-0.05, 0) is 55.2 Å². The zero-order valence-electron chi connectivity index (χ0n) is 13.7. The molecule has 0 bridgehead atoms. The molecule has 2 aromatic rings. The standard InChI is InChI=1S/C19H22N2O2S/c1-14(7-8-15-5-3-2-4-6-15)21-19(24)20-12-16-9-10-17-18(11-16)23-13-22-17/h2-6,9-11,14H,7-8,12-13H2,1H3,(H2,20,21,24). The monoisotopic (exact) mass is 342 g/mol. The Morgan fingerprint density at radius 1 is 1.08 bits per heavy atom. The minimum Gasteiger partial charge on any atom is -0.454 e. The van der Waals surface area contributed by atoms with Crippen LogP contribution < -0.4 is 20.1 Å². The van der Waals surface area contributed by atoms with Crippen molar-refractivity contribution in [2.24, 2.45) is 0 Å². The van der Waals surface area contributed by atoms with Crippen molar-refractivity contribution in [1.82, 2.24) is 10.6 Å². The summed E-state index contributed by atoms with van der Waals surface area (Å²) in [6, 6.07) is 16.8. The number of rotatable bonds is 6. The number of hydrogen-bond donors (Lipinski definition) is 2. The molecule has 0 spiro atoms. The second-order valence-corrected chi connectivity index (χ2v) is 6.35. The number of nitrogens with one attached hydrogen (secondary N) is 2. The van der Waals surface area contributed by atoms with Crippen molar-refractivity contribution in [2.45, 2.75) is 32.4 Å². The summed E-state index contributed by atoms with van der Waals surface area (Å²) in [6.45, 7) is 3.11. The molecular formula is C19H22N2O2S. The molecule has 0 saturated carbocycles. The van der Waals surface area contributed by atoms with Crippen LogP contribution in [-0.2, 0) is 13.0 Å². The molecule has 0 fully saturated rings. The first-order valence-electron chi connectivity index (χ1n) is 8.17. The highest BCUT2D eigenvalue weighted by atomic mass is 32.1. The SMILES string of the molecule is CC(CCc1ccccc1)NC(=S)NCc1ccc2c(c1)OCO2. The molecule has 1 unspecified atom stereocenters. The normalized spacial score (nSPS) is 13.4. The molecular weight excluding hydrogens is 320 g/mol. The van der Waals surface area contributed by atoms with Crippen LogP contribution in [0.1, 0.15) is 24.5 Å². The molecule has 1 aliphatic rings. The van der Waals surface area contributed by atoms with Gasteiger partial charge in [-0.25, -0.2) is 0 Å². The lowest BCUT2D eigenvalue weighted by atomic mass is 10.1. The fraction of sp³-hybridized carbons (Fsp3) is 0.316. The van der Waals surface area contributed by atoms with E-state index in [9.17, 15) is 0 Å². The Morgan fingerprint density at radius 2 is 1.88 bits per heavy atom. The molecule has 0 aliphatic carbocycles. The van der Waals surface area contributed by atoms with Gasteiger partial charge >= 0.3 is 0 Å². The van der Waals surface area contributed by atoms with Crippen LogP contribution in [0.3, 0.4) is 0 Å². The molecule has 3 rings (SSSR count). The lowest BCUT2D eigenvalue weighted by Gasteiger charge is -2.17. The van der Waals surface area contributed by atoms with Crippen molar-refractivity contribution in [3.63, 3.8) is 0 Å². The summed E-state index contributed by atoms with van der Waals surface area (Å²) < 4.78 is 10.7. The molecule has 1 aliphatic heterocycles. The van der Waals surface area contributed by atoms with Crippen LogP contribution in [0.4, 0.5) is 0 Å². The van der Waals surface area contributed by atoms with Gasteiger partial charge in [0.1, 0.15) is 0 Å². The molecule has 1 atom stereocenters. The van der Waals surface area contributed by atoms with E-state index in [1.807, 2.05) is 24.3 Å². The van der Waals surface area contributed by atoms with Gasteiger partial charge in [-0.1, -0.05) is 36.4 Å². The molecule has 4 nitrogen and oxygen atoms in total. The number of benzene rings is 2. The second-order valence-electron chi connectivity index (χ2n) is 5.94. The Morgan fingerprint density at radius 3 is 2.71 bits per heavy atom. The zero-order chi connectivity index (χ0) is 16.8. The largest absolute Gasteiger partial charge is 0.454 e. The van der Waals surface area contributed by atoms with E-state index >= 15 is 0 Å². The van der Waals surface area contributed by atoms with Crippen molar-refractivity contribution in [2.75, 3.05) is 6.79 Å². The summed E-state index contributed by atoms with van der Waals surface area (Å²) in [4.78, 5) is 0. The molecule has 5 heteroatoms. The predicted octanol–water partition coefficient (Wildman–Crippen LogP) is 3.40. The first kappa shape index (κ1) is 16.6. The van der Waals surface area contributed by atoms with Gasteiger partial charge in [-0.3, -0.25) is 0 Å². The molecule has 126 valence electrons. The molecule has 0 amide bonds. The van der Waals surface area contributed by atoms with Gasteiger partial charge in [-0.2, -0.15) is 0 Å². The lowest BCUT2D eigenvalue weighted by molar-refractivity contribution is 0.174. The summed E-state index contributed by atoms with van der Waals surface area (Å²) in [5, 5.41) is 7.25. The maximum absolute atomic E-state index is 5.39. The third kappa shape index (κ3) is 4.61. The van der Waals surface area contributed by atoms with Crippen molar-refractivity contribution in [3.05, 3.63) is 59.7 Å². The zero-order valence-corrected chi connectivity index (χ0v) is 14.6. The predicted molar refractivity (Wildman–Crippen MR) is 99.4 cm³/mol. The topological polar surface area (TPSA) is 42.5 Å². The summed E-state index contributed by atoms with van der Waals surface area (Å²) in [7, 11) is 0. The first-order valence-corrected chi connectivity index (χ1v) is 8.58. The molecule has 0 saturated heterocycles. The van der Waals surface area contributed by atoms with Crippen molar-refractivity contribution >= 4 is 17.3 Å². The van der Waals surface area contributed by atoms with Crippen molar-refractivity contribution in [1.29, 1.82) is 0 Å². The van der Waals surface area contributed by atoms with Crippen LogP contribution in [0.25, 0.3) is 0 Å². The third-order valence-corrected chi connectivity index (χ3v) is 4.24. The van der Waals surface area contributed by atoms with E-state index in [0.29, 0.717) is 24.5 Å². The highest BCUT2D eigenvalue weighted by Crippen LogP contribution is 2.32. The second kappa shape index (κ2) is 8.02. The van der Waals surface area contributed by atoms with Gasteiger partial charge in [0.15, 0.2) is 16.6 Å². The fourth-order valence-corrected chi connectivity index (χ4v) is 2.88. The van der Waals surface area contributed by atoms with E-state index in [2.05, 4.69) is 41.8 Å². The molecule has 0 aromatic heterocycles. The summed E-state index contributed by atoms with van der Waals surface area (Å²) >= 11 is 5.38. The Labute approximate surface area is 148 Å². The number of hydrogen-bond acceptors (Lipinski definition) is 3. The Balaban J connectivity index is 1.40. The summed E-state index contributed by atoms with van der Waals surface area (Å²) in [5.74, 6) is 1.60. The summed E-state index contributed by atoms with van der Waals surface area (Å²) in [6.07, 6.45) is 2.08. The van der Waals surface area contributed by atoms with Gasteiger partial charge in [0.2, 0.25) is 6.79 Å².